The van der Waals surface area contributed by atoms with E-state index in [4.69, 9.17) is 10.5 Å². The maximum absolute atomic E-state index is 13.0. The second kappa shape index (κ2) is 4.40. The standard InChI is InChI=1S/C9H12FN3O4/c10-4-3-13(9(16)12-8(4)15)7-1-5(14)6(2-11)17-7/h3,5-7,14H,1-2,11H2,(H,12,15,16)/t5-,6+,7+/m0/s1. The molecule has 0 aliphatic carbocycles. The molecule has 1 aromatic heterocycles. The second-order valence-corrected chi connectivity index (χ2v) is 3.81. The van der Waals surface area contributed by atoms with Crippen molar-refractivity contribution in [3.8, 4) is 0 Å². The van der Waals surface area contributed by atoms with Crippen molar-refractivity contribution in [2.75, 3.05) is 6.54 Å². The van der Waals surface area contributed by atoms with E-state index in [1.54, 1.807) is 0 Å². The molecule has 0 radical (unpaired) electrons. The van der Waals surface area contributed by atoms with Crippen molar-refractivity contribution >= 4 is 0 Å². The summed E-state index contributed by atoms with van der Waals surface area (Å²) in [6.45, 7) is 0.0955. The van der Waals surface area contributed by atoms with Gasteiger partial charge in [-0.1, -0.05) is 0 Å². The molecular formula is C9H12FN3O4. The van der Waals surface area contributed by atoms with Crippen LogP contribution in [0.2, 0.25) is 0 Å². The Morgan fingerprint density at radius 2 is 2.35 bits per heavy atom. The van der Waals surface area contributed by atoms with E-state index in [1.807, 2.05) is 4.98 Å². The van der Waals surface area contributed by atoms with Crippen LogP contribution < -0.4 is 17.0 Å². The van der Waals surface area contributed by atoms with E-state index in [1.165, 1.54) is 0 Å². The summed E-state index contributed by atoms with van der Waals surface area (Å²) in [6, 6.07) is 0. The van der Waals surface area contributed by atoms with Gasteiger partial charge in [0.25, 0.3) is 5.56 Å². The zero-order chi connectivity index (χ0) is 12.6. The average Bonchev–Trinajstić information content (AvgIpc) is 2.65. The number of H-pyrrole nitrogens is 1. The third-order valence-corrected chi connectivity index (χ3v) is 2.67. The Labute approximate surface area is 94.6 Å². The van der Waals surface area contributed by atoms with Crippen molar-refractivity contribution in [3.05, 3.63) is 32.9 Å². The van der Waals surface area contributed by atoms with Gasteiger partial charge in [-0.05, 0) is 0 Å². The van der Waals surface area contributed by atoms with Crippen molar-refractivity contribution in [1.29, 1.82) is 0 Å². The molecule has 0 saturated carbocycles. The lowest BCUT2D eigenvalue weighted by Crippen LogP contribution is -2.34. The molecule has 4 N–H and O–H groups in total. The largest absolute Gasteiger partial charge is 0.390 e. The summed E-state index contributed by atoms with van der Waals surface area (Å²) in [5.41, 5.74) is 3.48. The van der Waals surface area contributed by atoms with Gasteiger partial charge in [-0.25, -0.2) is 4.79 Å². The van der Waals surface area contributed by atoms with Gasteiger partial charge < -0.3 is 15.6 Å². The van der Waals surface area contributed by atoms with Gasteiger partial charge in [0.2, 0.25) is 5.82 Å². The van der Waals surface area contributed by atoms with Gasteiger partial charge in [-0.3, -0.25) is 14.3 Å². The van der Waals surface area contributed by atoms with Gasteiger partial charge in [0.05, 0.1) is 18.4 Å². The molecule has 0 bridgehead atoms. The minimum atomic E-state index is -1.08. The number of rotatable bonds is 2. The van der Waals surface area contributed by atoms with Crippen LogP contribution in [0, 0.1) is 5.82 Å². The molecule has 1 aromatic rings. The number of nitrogens with zero attached hydrogens (tertiary/aromatic N) is 1. The van der Waals surface area contributed by atoms with Crippen LogP contribution in [0.5, 0.6) is 0 Å². The zero-order valence-corrected chi connectivity index (χ0v) is 8.80. The summed E-state index contributed by atoms with van der Waals surface area (Å²) in [4.78, 5) is 24.1. The molecule has 3 atom stereocenters. The van der Waals surface area contributed by atoms with Crippen molar-refractivity contribution < 1.29 is 14.2 Å². The third-order valence-electron chi connectivity index (χ3n) is 2.67. The smallest absolute Gasteiger partial charge is 0.330 e. The fraction of sp³-hybridized carbons (Fsp3) is 0.556. The van der Waals surface area contributed by atoms with Gasteiger partial charge in [0.1, 0.15) is 6.23 Å². The molecule has 0 spiro atoms. The molecule has 1 aliphatic heterocycles. The maximum Gasteiger partial charge on any atom is 0.330 e. The Balaban J connectivity index is 2.34. The van der Waals surface area contributed by atoms with E-state index in [0.717, 1.165) is 10.8 Å². The lowest BCUT2D eigenvalue weighted by molar-refractivity contribution is -0.0155. The highest BCUT2D eigenvalue weighted by molar-refractivity contribution is 4.91. The number of hydrogen-bond donors (Lipinski definition) is 3. The van der Waals surface area contributed by atoms with Crippen LogP contribution in [0.25, 0.3) is 0 Å². The molecule has 2 heterocycles. The predicted molar refractivity (Wildman–Crippen MR) is 54.9 cm³/mol. The first kappa shape index (κ1) is 12.0. The number of nitrogens with two attached hydrogens (primary N) is 1. The summed E-state index contributed by atoms with van der Waals surface area (Å²) in [5, 5.41) is 9.55. The molecule has 0 unspecified atom stereocenters. The van der Waals surface area contributed by atoms with Crippen LogP contribution in [-0.4, -0.2) is 33.4 Å². The highest BCUT2D eigenvalue weighted by atomic mass is 19.1. The highest BCUT2D eigenvalue weighted by Gasteiger charge is 2.34. The minimum absolute atomic E-state index is 0.0955. The van der Waals surface area contributed by atoms with Crippen molar-refractivity contribution in [2.45, 2.75) is 24.9 Å². The summed E-state index contributed by atoms with van der Waals surface area (Å²) in [7, 11) is 0. The number of halogens is 1. The normalized spacial score (nSPS) is 28.5. The van der Waals surface area contributed by atoms with Crippen LogP contribution in [-0.2, 0) is 4.74 Å². The van der Waals surface area contributed by atoms with Gasteiger partial charge in [-0.2, -0.15) is 4.39 Å². The van der Waals surface area contributed by atoms with Gasteiger partial charge in [0, 0.05) is 13.0 Å². The Bertz CT molecular complexity index is 526. The fourth-order valence-electron chi connectivity index (χ4n) is 1.77. The Hall–Kier alpha value is -1.51. The molecule has 0 aromatic carbocycles. The van der Waals surface area contributed by atoms with Gasteiger partial charge in [-0.15, -0.1) is 0 Å². The first-order valence-electron chi connectivity index (χ1n) is 5.07. The van der Waals surface area contributed by atoms with E-state index in [-0.39, 0.29) is 13.0 Å². The summed E-state index contributed by atoms with van der Waals surface area (Å²) < 4.78 is 19.2. The van der Waals surface area contributed by atoms with Crippen LogP contribution in [0.1, 0.15) is 12.6 Å². The lowest BCUT2D eigenvalue weighted by Gasteiger charge is -2.14. The Morgan fingerprint density at radius 1 is 1.65 bits per heavy atom. The number of aliphatic hydroxyl groups excluding tert-OH is 1. The number of aliphatic hydroxyl groups is 1. The van der Waals surface area contributed by atoms with Gasteiger partial charge >= 0.3 is 5.69 Å². The predicted octanol–water partition coefficient (Wildman–Crippen LogP) is -1.72. The third kappa shape index (κ3) is 2.14. The van der Waals surface area contributed by atoms with Crippen LogP contribution in [0.15, 0.2) is 15.8 Å². The van der Waals surface area contributed by atoms with Crippen molar-refractivity contribution in [2.24, 2.45) is 5.73 Å². The maximum atomic E-state index is 13.0. The number of aromatic amines is 1. The monoisotopic (exact) mass is 245 g/mol. The SMILES string of the molecule is NC[C@H]1O[C@@H](n2cc(F)c(=O)[nH]c2=O)C[C@@H]1O. The second-order valence-electron chi connectivity index (χ2n) is 3.81. The molecule has 2 rings (SSSR count). The number of nitrogens with one attached hydrogen (secondary N) is 1. The van der Waals surface area contributed by atoms with E-state index < -0.39 is 35.5 Å². The molecule has 1 fully saturated rings. The summed E-state index contributed by atoms with van der Waals surface area (Å²) in [5.74, 6) is -1.08. The number of ether oxygens (including phenoxy) is 1. The molecule has 1 saturated heterocycles. The first-order chi connectivity index (χ1) is 8.02. The van der Waals surface area contributed by atoms with Crippen molar-refractivity contribution in [3.63, 3.8) is 0 Å². The van der Waals surface area contributed by atoms with Crippen LogP contribution >= 0.6 is 0 Å². The van der Waals surface area contributed by atoms with Crippen molar-refractivity contribution in [1.82, 2.24) is 9.55 Å². The lowest BCUT2D eigenvalue weighted by atomic mass is 10.2. The minimum Gasteiger partial charge on any atom is -0.390 e. The fourth-order valence-corrected chi connectivity index (χ4v) is 1.77. The topological polar surface area (TPSA) is 110 Å². The molecule has 17 heavy (non-hydrogen) atoms. The van der Waals surface area contributed by atoms with Gasteiger partial charge in [0.15, 0.2) is 0 Å². The molecular weight excluding hydrogens is 233 g/mol. The quantitative estimate of drug-likeness (QED) is 0.574. The number of hydrogen-bond acceptors (Lipinski definition) is 5. The molecule has 0 amide bonds. The van der Waals surface area contributed by atoms with E-state index in [2.05, 4.69) is 0 Å². The van der Waals surface area contributed by atoms with Crippen LogP contribution in [0.3, 0.4) is 0 Å². The Kier molecular flexibility index (Phi) is 3.09. The zero-order valence-electron chi connectivity index (χ0n) is 8.80. The molecule has 1 aliphatic rings. The highest BCUT2D eigenvalue weighted by Crippen LogP contribution is 2.26. The molecule has 8 heteroatoms. The van der Waals surface area contributed by atoms with E-state index in [9.17, 15) is 19.1 Å². The first-order valence-corrected chi connectivity index (χ1v) is 5.07. The van der Waals surface area contributed by atoms with Crippen LogP contribution in [0.4, 0.5) is 4.39 Å². The summed E-state index contributed by atoms with van der Waals surface area (Å²) in [6.07, 6.45) is -1.35. The Morgan fingerprint density at radius 3 is 2.94 bits per heavy atom. The number of aromatic nitrogens is 2. The van der Waals surface area contributed by atoms with E-state index in [0.29, 0.717) is 0 Å². The average molecular weight is 245 g/mol. The molecule has 94 valence electrons. The van der Waals surface area contributed by atoms with E-state index >= 15 is 0 Å². The molecule has 7 nitrogen and oxygen atoms in total. The summed E-state index contributed by atoms with van der Waals surface area (Å²) >= 11 is 0.